The van der Waals surface area contributed by atoms with E-state index in [1.165, 1.54) is 24.3 Å². The Morgan fingerprint density at radius 2 is 1.71 bits per heavy atom. The summed E-state index contributed by atoms with van der Waals surface area (Å²) in [5.41, 5.74) is 0.290. The molecule has 1 aromatic carbocycles. The van der Waals surface area contributed by atoms with Gasteiger partial charge in [-0.3, -0.25) is 24.6 Å². The fourth-order valence-corrected chi connectivity index (χ4v) is 3.37. The lowest BCUT2D eigenvalue weighted by Crippen LogP contribution is -2.52. The maximum atomic E-state index is 12.7. The molecular formula is C16H19N3O5. The maximum Gasteiger partial charge on any atom is 0.269 e. The average Bonchev–Trinajstić information content (AvgIpc) is 2.81. The topological polar surface area (TPSA) is 93.0 Å². The van der Waals surface area contributed by atoms with Crippen LogP contribution in [0.1, 0.15) is 20.3 Å². The second-order valence-corrected chi connectivity index (χ2v) is 6.27. The smallest absolute Gasteiger partial charge is 0.269 e. The zero-order chi connectivity index (χ0) is 17.4. The van der Waals surface area contributed by atoms with E-state index in [1.54, 1.807) is 0 Å². The average molecular weight is 333 g/mol. The monoisotopic (exact) mass is 333 g/mol. The van der Waals surface area contributed by atoms with Crippen molar-refractivity contribution >= 4 is 23.2 Å². The van der Waals surface area contributed by atoms with Crippen LogP contribution < -0.4 is 4.90 Å². The summed E-state index contributed by atoms with van der Waals surface area (Å²) in [6, 6.07) is 4.95. The van der Waals surface area contributed by atoms with E-state index in [4.69, 9.17) is 4.74 Å². The van der Waals surface area contributed by atoms with E-state index in [9.17, 15) is 19.7 Å². The van der Waals surface area contributed by atoms with Gasteiger partial charge in [0.1, 0.15) is 0 Å². The third-order valence-electron chi connectivity index (χ3n) is 4.33. The summed E-state index contributed by atoms with van der Waals surface area (Å²) in [7, 11) is 0. The molecule has 2 aliphatic rings. The fourth-order valence-electron chi connectivity index (χ4n) is 3.37. The minimum Gasteiger partial charge on any atom is -0.373 e. The second-order valence-electron chi connectivity index (χ2n) is 6.27. The Bertz CT molecular complexity index is 665. The second kappa shape index (κ2) is 6.29. The van der Waals surface area contributed by atoms with Gasteiger partial charge in [-0.1, -0.05) is 0 Å². The molecule has 3 rings (SSSR count). The number of carbonyl (C=O) groups is 2. The number of amides is 2. The van der Waals surface area contributed by atoms with E-state index < -0.39 is 11.0 Å². The van der Waals surface area contributed by atoms with E-state index in [0.717, 1.165) is 4.90 Å². The van der Waals surface area contributed by atoms with Gasteiger partial charge < -0.3 is 4.74 Å². The van der Waals surface area contributed by atoms with Gasteiger partial charge in [0.05, 0.1) is 35.3 Å². The van der Waals surface area contributed by atoms with Gasteiger partial charge in [-0.2, -0.15) is 0 Å². The Balaban J connectivity index is 1.80. The van der Waals surface area contributed by atoms with Gasteiger partial charge in [-0.05, 0) is 26.0 Å². The number of ether oxygens (including phenoxy) is 1. The first-order valence-electron chi connectivity index (χ1n) is 7.87. The van der Waals surface area contributed by atoms with Crippen LogP contribution in [0.2, 0.25) is 0 Å². The number of carbonyl (C=O) groups excluding carboxylic acids is 2. The summed E-state index contributed by atoms with van der Waals surface area (Å²) in [6.07, 6.45) is 0.130. The van der Waals surface area contributed by atoms with Crippen LogP contribution in [0.5, 0.6) is 0 Å². The first kappa shape index (κ1) is 16.5. The Kier molecular flexibility index (Phi) is 4.33. The molecule has 1 aromatic rings. The predicted molar refractivity (Wildman–Crippen MR) is 85.6 cm³/mol. The fraction of sp³-hybridized carbons (Fsp3) is 0.500. The van der Waals surface area contributed by atoms with Crippen molar-refractivity contribution in [1.29, 1.82) is 0 Å². The van der Waals surface area contributed by atoms with E-state index in [1.807, 2.05) is 18.7 Å². The molecule has 8 heteroatoms. The minimum atomic E-state index is -0.517. The third-order valence-corrected chi connectivity index (χ3v) is 4.33. The minimum absolute atomic E-state index is 0.00470. The quantitative estimate of drug-likeness (QED) is 0.471. The van der Waals surface area contributed by atoms with Crippen LogP contribution in [-0.2, 0) is 14.3 Å². The molecule has 24 heavy (non-hydrogen) atoms. The summed E-state index contributed by atoms with van der Waals surface area (Å²) in [4.78, 5) is 38.4. The molecule has 2 aliphatic heterocycles. The number of anilines is 1. The van der Waals surface area contributed by atoms with Gasteiger partial charge >= 0.3 is 0 Å². The number of rotatable bonds is 3. The van der Waals surface area contributed by atoms with Crippen molar-refractivity contribution in [3.63, 3.8) is 0 Å². The first-order chi connectivity index (χ1) is 11.4. The molecule has 0 bridgehead atoms. The van der Waals surface area contributed by atoms with Crippen LogP contribution in [0.25, 0.3) is 0 Å². The van der Waals surface area contributed by atoms with Gasteiger partial charge in [0.15, 0.2) is 0 Å². The molecule has 128 valence electrons. The Labute approximate surface area is 139 Å². The van der Waals surface area contributed by atoms with Crippen LogP contribution in [0.4, 0.5) is 11.4 Å². The molecule has 0 aromatic heterocycles. The first-order valence-corrected chi connectivity index (χ1v) is 7.87. The van der Waals surface area contributed by atoms with Gasteiger partial charge in [-0.15, -0.1) is 0 Å². The molecule has 0 spiro atoms. The van der Waals surface area contributed by atoms with Crippen LogP contribution >= 0.6 is 0 Å². The molecule has 2 fully saturated rings. The summed E-state index contributed by atoms with van der Waals surface area (Å²) in [5.74, 6) is -0.569. The molecule has 0 unspecified atom stereocenters. The van der Waals surface area contributed by atoms with Crippen LogP contribution in [0.3, 0.4) is 0 Å². The Morgan fingerprint density at radius 3 is 2.25 bits per heavy atom. The predicted octanol–water partition coefficient (Wildman–Crippen LogP) is 1.34. The molecule has 0 aliphatic carbocycles. The van der Waals surface area contributed by atoms with Crippen LogP contribution in [0, 0.1) is 10.1 Å². The zero-order valence-corrected chi connectivity index (χ0v) is 13.5. The van der Waals surface area contributed by atoms with Gasteiger partial charge in [0.25, 0.3) is 11.6 Å². The maximum absolute atomic E-state index is 12.7. The van der Waals surface area contributed by atoms with E-state index in [0.29, 0.717) is 18.8 Å². The number of morpholine rings is 1. The lowest BCUT2D eigenvalue weighted by atomic mass is 10.1. The van der Waals surface area contributed by atoms with Gasteiger partial charge in [-0.25, -0.2) is 4.90 Å². The molecule has 8 nitrogen and oxygen atoms in total. The highest BCUT2D eigenvalue weighted by Gasteiger charge is 2.44. The highest BCUT2D eigenvalue weighted by molar-refractivity contribution is 6.22. The molecule has 0 N–H and O–H groups in total. The van der Waals surface area contributed by atoms with Crippen molar-refractivity contribution in [3.8, 4) is 0 Å². The summed E-state index contributed by atoms with van der Waals surface area (Å²) < 4.78 is 5.67. The number of imide groups is 1. The van der Waals surface area contributed by atoms with E-state index in [2.05, 4.69) is 0 Å². The molecule has 3 atom stereocenters. The zero-order valence-electron chi connectivity index (χ0n) is 13.5. The normalized spacial score (nSPS) is 28.4. The summed E-state index contributed by atoms with van der Waals surface area (Å²) in [5, 5.41) is 10.7. The van der Waals surface area contributed by atoms with Crippen molar-refractivity contribution in [1.82, 2.24) is 4.90 Å². The molecule has 0 saturated carbocycles. The van der Waals surface area contributed by atoms with Gasteiger partial charge in [0, 0.05) is 25.2 Å². The molecular weight excluding hydrogens is 314 g/mol. The Hall–Kier alpha value is -2.32. The largest absolute Gasteiger partial charge is 0.373 e. The van der Waals surface area contributed by atoms with Crippen molar-refractivity contribution in [2.24, 2.45) is 0 Å². The van der Waals surface area contributed by atoms with Crippen LogP contribution in [-0.4, -0.2) is 53.0 Å². The number of hydrogen-bond donors (Lipinski definition) is 0. The highest BCUT2D eigenvalue weighted by Crippen LogP contribution is 2.28. The molecule has 0 radical (unpaired) electrons. The number of hydrogen-bond acceptors (Lipinski definition) is 6. The lowest BCUT2D eigenvalue weighted by Gasteiger charge is -2.37. The van der Waals surface area contributed by atoms with E-state index in [-0.39, 0.29) is 36.1 Å². The SMILES string of the molecule is C[C@@H]1CN([C@H]2CC(=O)N(c3ccc([N+](=O)[O-])cc3)C2=O)C[C@H](C)O1. The third kappa shape index (κ3) is 3.02. The number of nitro benzene ring substituents is 1. The van der Waals surface area contributed by atoms with Crippen molar-refractivity contribution < 1.29 is 19.2 Å². The number of nitro groups is 1. The van der Waals surface area contributed by atoms with Crippen molar-refractivity contribution in [2.45, 2.75) is 38.5 Å². The number of nitrogens with zero attached hydrogens (tertiary/aromatic N) is 3. The Morgan fingerprint density at radius 1 is 1.12 bits per heavy atom. The molecule has 2 saturated heterocycles. The summed E-state index contributed by atoms with van der Waals surface area (Å²) >= 11 is 0. The van der Waals surface area contributed by atoms with Gasteiger partial charge in [0.2, 0.25) is 5.91 Å². The van der Waals surface area contributed by atoms with Crippen molar-refractivity contribution in [2.75, 3.05) is 18.0 Å². The van der Waals surface area contributed by atoms with Crippen LogP contribution in [0.15, 0.2) is 24.3 Å². The number of benzene rings is 1. The lowest BCUT2D eigenvalue weighted by molar-refractivity contribution is -0.384. The van der Waals surface area contributed by atoms with E-state index >= 15 is 0 Å². The summed E-state index contributed by atoms with van der Waals surface area (Å²) in [6.45, 7) is 5.08. The molecule has 2 heterocycles. The van der Waals surface area contributed by atoms with Crippen molar-refractivity contribution in [3.05, 3.63) is 34.4 Å². The highest BCUT2D eigenvalue weighted by atomic mass is 16.6. The molecule has 2 amide bonds. The standard InChI is InChI=1S/C16H19N3O5/c1-10-8-17(9-11(2)24-10)14-7-15(20)18(16(14)21)12-3-5-13(6-4-12)19(22)23/h3-6,10-11,14H,7-9H2,1-2H3/t10-,11+,14-/m0/s1. The number of non-ortho nitro benzene ring substituents is 1.